The number of hydrogen-bond donors (Lipinski definition) is 1. The fraction of sp³-hybridized carbons (Fsp3) is 0.208. The highest BCUT2D eigenvalue weighted by Crippen LogP contribution is 2.47. The molecule has 0 spiro atoms. The highest BCUT2D eigenvalue weighted by atomic mass is 31.2. The molecule has 3 aromatic carbocycles. The number of hydrogen-bond acceptors (Lipinski definition) is 8. The third-order valence-corrected chi connectivity index (χ3v) is 7.29. The molecule has 1 aromatic heterocycles. The Bertz CT molecular complexity index is 1340. The van der Waals surface area contributed by atoms with Crippen molar-refractivity contribution in [2.24, 2.45) is 0 Å². The summed E-state index contributed by atoms with van der Waals surface area (Å²) in [4.78, 5) is 4.51. The number of nitrogens with zero attached hydrogens (tertiary/aromatic N) is 1. The second kappa shape index (κ2) is 8.90. The summed E-state index contributed by atoms with van der Waals surface area (Å²) in [7, 11) is -1.00. The first-order valence-corrected chi connectivity index (χ1v) is 11.9. The first-order chi connectivity index (χ1) is 16.1. The van der Waals surface area contributed by atoms with Crippen molar-refractivity contribution in [1.29, 1.82) is 0 Å². The largest absolute Gasteiger partial charge is 0.454 e. The van der Waals surface area contributed by atoms with Crippen LogP contribution >= 0.6 is 7.60 Å². The van der Waals surface area contributed by atoms with Crippen LogP contribution in [0.1, 0.15) is 17.0 Å². The van der Waals surface area contributed by atoms with Gasteiger partial charge >= 0.3 is 7.60 Å². The topological polar surface area (TPSA) is 92.1 Å². The standard InChI is InChI=1S/C24H23N2O6P/c1-28-33(27,29-2)24-23(25-14-16-10-11-20-21(12-16)31-15-30-20)32-22(26-24)13-18-8-5-7-17-6-3-4-9-19(17)18/h3-12,25H,13-15H2,1-2H3. The van der Waals surface area contributed by atoms with Gasteiger partial charge in [0, 0.05) is 20.8 Å². The molecule has 0 amide bonds. The Morgan fingerprint density at radius 1 is 1.00 bits per heavy atom. The van der Waals surface area contributed by atoms with E-state index in [1.54, 1.807) is 0 Å². The van der Waals surface area contributed by atoms with Crippen molar-refractivity contribution in [2.75, 3.05) is 26.3 Å². The minimum atomic E-state index is -3.65. The Morgan fingerprint density at radius 2 is 1.79 bits per heavy atom. The van der Waals surface area contributed by atoms with Crippen molar-refractivity contribution in [3.05, 3.63) is 77.7 Å². The molecule has 4 aromatic rings. The highest BCUT2D eigenvalue weighted by Gasteiger charge is 2.34. The number of oxazole rings is 1. The Morgan fingerprint density at radius 3 is 2.64 bits per heavy atom. The van der Waals surface area contributed by atoms with Gasteiger partial charge in [-0.15, -0.1) is 0 Å². The number of rotatable bonds is 8. The van der Waals surface area contributed by atoms with Gasteiger partial charge < -0.3 is 28.3 Å². The highest BCUT2D eigenvalue weighted by molar-refractivity contribution is 7.62. The predicted molar refractivity (Wildman–Crippen MR) is 124 cm³/mol. The zero-order chi connectivity index (χ0) is 22.8. The first-order valence-electron chi connectivity index (χ1n) is 10.4. The van der Waals surface area contributed by atoms with E-state index >= 15 is 0 Å². The molecule has 0 saturated heterocycles. The predicted octanol–water partition coefficient (Wildman–Crippen LogP) is 4.87. The second-order valence-electron chi connectivity index (χ2n) is 7.48. The average molecular weight is 466 g/mol. The molecule has 5 rings (SSSR count). The summed E-state index contributed by atoms with van der Waals surface area (Å²) in [5, 5.41) is 5.42. The molecule has 0 bridgehead atoms. The van der Waals surface area contributed by atoms with Gasteiger partial charge in [-0.2, -0.15) is 0 Å². The molecule has 33 heavy (non-hydrogen) atoms. The normalized spacial score (nSPS) is 12.9. The van der Waals surface area contributed by atoms with E-state index in [0.717, 1.165) is 21.9 Å². The Labute approximate surface area is 191 Å². The van der Waals surface area contributed by atoms with Crippen LogP contribution in [0.4, 0.5) is 5.88 Å². The second-order valence-corrected chi connectivity index (χ2v) is 9.63. The Balaban J connectivity index is 1.45. The number of benzene rings is 3. The molecule has 8 nitrogen and oxygen atoms in total. The molecule has 0 unspecified atom stereocenters. The molecule has 1 aliphatic heterocycles. The van der Waals surface area contributed by atoms with Crippen molar-refractivity contribution in [2.45, 2.75) is 13.0 Å². The zero-order valence-corrected chi connectivity index (χ0v) is 19.1. The molecule has 9 heteroatoms. The fourth-order valence-electron chi connectivity index (χ4n) is 3.82. The summed E-state index contributed by atoms with van der Waals surface area (Å²) < 4.78 is 40.4. The van der Waals surface area contributed by atoms with Crippen molar-refractivity contribution in [1.82, 2.24) is 4.98 Å². The van der Waals surface area contributed by atoms with Crippen molar-refractivity contribution in [3.8, 4) is 11.5 Å². The van der Waals surface area contributed by atoms with E-state index in [9.17, 15) is 4.57 Å². The third kappa shape index (κ3) is 4.20. The lowest BCUT2D eigenvalue weighted by molar-refractivity contribution is 0.174. The summed E-state index contributed by atoms with van der Waals surface area (Å²) >= 11 is 0. The number of nitrogens with one attached hydrogen (secondary N) is 1. The number of anilines is 1. The minimum Gasteiger partial charge on any atom is -0.454 e. The van der Waals surface area contributed by atoms with E-state index in [4.69, 9.17) is 22.9 Å². The molecule has 1 N–H and O–H groups in total. The van der Waals surface area contributed by atoms with Crippen LogP contribution in [-0.2, 0) is 26.6 Å². The number of ether oxygens (including phenoxy) is 2. The molecule has 0 radical (unpaired) electrons. The minimum absolute atomic E-state index is 0.114. The van der Waals surface area contributed by atoms with Crippen molar-refractivity contribution in [3.63, 3.8) is 0 Å². The lowest BCUT2D eigenvalue weighted by Crippen LogP contribution is -2.15. The van der Waals surface area contributed by atoms with Gasteiger partial charge in [-0.25, -0.2) is 4.98 Å². The van der Waals surface area contributed by atoms with Crippen LogP contribution in [0.15, 0.2) is 65.1 Å². The van der Waals surface area contributed by atoms with Crippen LogP contribution in [0.2, 0.25) is 0 Å². The Kier molecular flexibility index (Phi) is 5.81. The van der Waals surface area contributed by atoms with Crippen LogP contribution in [0.25, 0.3) is 10.8 Å². The maximum Gasteiger partial charge on any atom is 0.384 e. The van der Waals surface area contributed by atoms with Gasteiger partial charge in [0.2, 0.25) is 24.0 Å². The van der Waals surface area contributed by atoms with Crippen molar-refractivity contribution >= 4 is 29.7 Å². The van der Waals surface area contributed by atoms with Gasteiger partial charge in [-0.05, 0) is 34.0 Å². The number of fused-ring (bicyclic) bond motifs is 2. The van der Waals surface area contributed by atoms with Crippen molar-refractivity contribution < 1.29 is 27.5 Å². The van der Waals surface area contributed by atoms with E-state index < -0.39 is 7.60 Å². The molecule has 0 saturated carbocycles. The summed E-state index contributed by atoms with van der Waals surface area (Å²) in [6.07, 6.45) is 0.424. The quantitative estimate of drug-likeness (QED) is 0.368. The monoisotopic (exact) mass is 466 g/mol. The Hall–Kier alpha value is -3.32. The smallest absolute Gasteiger partial charge is 0.384 e. The summed E-state index contributed by atoms with van der Waals surface area (Å²) in [5.74, 6) is 2.04. The van der Waals surface area contributed by atoms with Gasteiger partial charge in [0.1, 0.15) is 0 Å². The molecular formula is C24H23N2O6P. The SMILES string of the molecule is COP(=O)(OC)c1nc(Cc2cccc3ccccc23)oc1NCc1ccc2c(c1)OCO2. The maximum atomic E-state index is 13.2. The molecule has 0 aliphatic carbocycles. The summed E-state index contributed by atoms with van der Waals surface area (Å²) in [5.41, 5.74) is 2.10. The molecular weight excluding hydrogens is 443 g/mol. The summed E-state index contributed by atoms with van der Waals surface area (Å²) in [6.45, 7) is 0.598. The first kappa shape index (κ1) is 21.5. The molecule has 1 aliphatic rings. The van der Waals surface area contributed by atoms with Crippen LogP contribution in [-0.4, -0.2) is 26.0 Å². The van der Waals surface area contributed by atoms with E-state index in [1.165, 1.54) is 14.2 Å². The van der Waals surface area contributed by atoms with Gasteiger partial charge in [0.25, 0.3) is 0 Å². The lowest BCUT2D eigenvalue weighted by Gasteiger charge is -2.12. The third-order valence-electron chi connectivity index (χ3n) is 5.51. The average Bonchev–Trinajstić information content (AvgIpc) is 3.49. The molecule has 170 valence electrons. The van der Waals surface area contributed by atoms with Crippen LogP contribution < -0.4 is 20.2 Å². The fourth-order valence-corrected chi connectivity index (χ4v) is 4.92. The maximum absolute atomic E-state index is 13.2. The number of aromatic nitrogens is 1. The van der Waals surface area contributed by atoms with Crippen LogP contribution in [0, 0.1) is 0 Å². The van der Waals surface area contributed by atoms with E-state index in [-0.39, 0.29) is 18.1 Å². The zero-order valence-electron chi connectivity index (χ0n) is 18.2. The molecule has 2 heterocycles. The van der Waals surface area contributed by atoms with Crippen LogP contribution in [0.3, 0.4) is 0 Å². The van der Waals surface area contributed by atoms with E-state index in [0.29, 0.717) is 30.4 Å². The van der Waals surface area contributed by atoms with Gasteiger partial charge in [0.15, 0.2) is 11.5 Å². The van der Waals surface area contributed by atoms with E-state index in [1.807, 2.05) is 42.5 Å². The van der Waals surface area contributed by atoms with Gasteiger partial charge in [0.05, 0.1) is 6.42 Å². The summed E-state index contributed by atoms with van der Waals surface area (Å²) in [6, 6.07) is 19.8. The molecule has 0 atom stereocenters. The van der Waals surface area contributed by atoms with Gasteiger partial charge in [-0.1, -0.05) is 48.5 Å². The van der Waals surface area contributed by atoms with Crippen LogP contribution in [0.5, 0.6) is 11.5 Å². The molecule has 0 fully saturated rings. The lowest BCUT2D eigenvalue weighted by atomic mass is 10.0. The van der Waals surface area contributed by atoms with Gasteiger partial charge in [-0.3, -0.25) is 4.57 Å². The van der Waals surface area contributed by atoms with E-state index in [2.05, 4.69) is 28.5 Å².